The van der Waals surface area contributed by atoms with Crippen molar-refractivity contribution in [3.63, 3.8) is 0 Å². The number of ether oxygens (including phenoxy) is 1. The van der Waals surface area contributed by atoms with Gasteiger partial charge in [0.05, 0.1) is 0 Å². The van der Waals surface area contributed by atoms with Crippen LogP contribution in [-0.4, -0.2) is 6.54 Å². The fourth-order valence-electron chi connectivity index (χ4n) is 2.89. The molecule has 0 aromatic heterocycles. The molecule has 3 rings (SSSR count). The number of hydrogen-bond donors (Lipinski definition) is 1. The van der Waals surface area contributed by atoms with Gasteiger partial charge in [-0.1, -0.05) is 55.8 Å². The summed E-state index contributed by atoms with van der Waals surface area (Å²) < 4.78 is 19.1. The summed E-state index contributed by atoms with van der Waals surface area (Å²) in [5, 5.41) is 5.93. The molecule has 0 unspecified atom stereocenters. The van der Waals surface area contributed by atoms with Crippen LogP contribution in [-0.2, 0) is 13.2 Å². The van der Waals surface area contributed by atoms with Gasteiger partial charge in [0.25, 0.3) is 0 Å². The average Bonchev–Trinajstić information content (AvgIpc) is 2.65. The average molecular weight is 374 g/mol. The molecule has 138 valence electrons. The number of benzene rings is 3. The third-order valence-electron chi connectivity index (χ3n) is 4.31. The van der Waals surface area contributed by atoms with Gasteiger partial charge in [0, 0.05) is 12.1 Å². The quantitative estimate of drug-likeness (QED) is 0.498. The second kappa shape index (κ2) is 10.1. The van der Waals surface area contributed by atoms with E-state index in [-0.39, 0.29) is 18.2 Å². The predicted octanol–water partition coefficient (Wildman–Crippen LogP) is 5.87. The Labute approximate surface area is 160 Å². The topological polar surface area (TPSA) is 21.3 Å². The van der Waals surface area contributed by atoms with Gasteiger partial charge < -0.3 is 10.1 Å². The van der Waals surface area contributed by atoms with Crippen molar-refractivity contribution in [2.24, 2.45) is 0 Å². The Kier molecular flexibility index (Phi) is 7.89. The monoisotopic (exact) mass is 373 g/mol. The Bertz CT molecular complexity index is 820. The highest BCUT2D eigenvalue weighted by molar-refractivity contribution is 5.87. The molecular weight excluding hydrogens is 349 g/mol. The first-order valence-corrected chi connectivity index (χ1v) is 8.86. The van der Waals surface area contributed by atoms with E-state index in [1.807, 2.05) is 6.07 Å². The molecule has 0 saturated carbocycles. The molecule has 0 atom stereocenters. The summed E-state index contributed by atoms with van der Waals surface area (Å²) >= 11 is 0. The number of halogens is 2. The Morgan fingerprint density at radius 1 is 0.962 bits per heavy atom. The molecule has 0 aliphatic rings. The predicted molar refractivity (Wildman–Crippen MR) is 109 cm³/mol. The molecule has 0 bridgehead atoms. The fraction of sp³-hybridized carbons (Fsp3) is 0.273. The molecule has 0 aliphatic heterocycles. The SMILES string of the molecule is CCCCNCc1c(OCc2ccc(F)cc2)ccc2ccccc12.Cl. The van der Waals surface area contributed by atoms with E-state index in [0.29, 0.717) is 6.61 Å². The molecule has 1 N–H and O–H groups in total. The van der Waals surface area contributed by atoms with Crippen LogP contribution in [0.2, 0.25) is 0 Å². The lowest BCUT2D eigenvalue weighted by Crippen LogP contribution is -2.15. The van der Waals surface area contributed by atoms with E-state index in [0.717, 1.165) is 30.8 Å². The highest BCUT2D eigenvalue weighted by atomic mass is 35.5. The van der Waals surface area contributed by atoms with E-state index in [2.05, 4.69) is 42.6 Å². The molecule has 0 amide bonds. The number of unbranched alkanes of at least 4 members (excludes halogenated alkanes) is 1. The molecule has 0 radical (unpaired) electrons. The molecule has 0 aliphatic carbocycles. The molecule has 0 heterocycles. The molecule has 0 saturated heterocycles. The highest BCUT2D eigenvalue weighted by Gasteiger charge is 2.09. The molecule has 3 aromatic rings. The van der Waals surface area contributed by atoms with Crippen molar-refractivity contribution >= 4 is 23.2 Å². The summed E-state index contributed by atoms with van der Waals surface area (Å²) in [6.45, 7) is 4.40. The van der Waals surface area contributed by atoms with E-state index >= 15 is 0 Å². The van der Waals surface area contributed by atoms with E-state index < -0.39 is 0 Å². The Morgan fingerprint density at radius 2 is 1.73 bits per heavy atom. The zero-order valence-electron chi connectivity index (χ0n) is 15.0. The first-order valence-electron chi connectivity index (χ1n) is 8.86. The zero-order chi connectivity index (χ0) is 17.5. The van der Waals surface area contributed by atoms with Crippen molar-refractivity contribution in [3.8, 4) is 5.75 Å². The Hall–Kier alpha value is -2.10. The van der Waals surface area contributed by atoms with E-state index in [1.54, 1.807) is 12.1 Å². The van der Waals surface area contributed by atoms with Crippen molar-refractivity contribution in [2.75, 3.05) is 6.54 Å². The van der Waals surface area contributed by atoms with Gasteiger partial charge in [-0.25, -0.2) is 4.39 Å². The van der Waals surface area contributed by atoms with Crippen LogP contribution in [0.3, 0.4) is 0 Å². The van der Waals surface area contributed by atoms with Crippen molar-refractivity contribution in [3.05, 3.63) is 77.6 Å². The molecule has 4 heteroatoms. The summed E-state index contributed by atoms with van der Waals surface area (Å²) in [5.74, 6) is 0.655. The largest absolute Gasteiger partial charge is 0.489 e. The Morgan fingerprint density at radius 3 is 2.50 bits per heavy atom. The third kappa shape index (κ3) is 5.20. The summed E-state index contributed by atoms with van der Waals surface area (Å²) in [5.41, 5.74) is 2.13. The summed E-state index contributed by atoms with van der Waals surface area (Å²) in [6, 6.07) is 18.9. The molecular formula is C22H25ClFNO. The van der Waals surface area contributed by atoms with E-state index in [1.165, 1.54) is 34.9 Å². The lowest BCUT2D eigenvalue weighted by atomic mass is 10.0. The third-order valence-corrected chi connectivity index (χ3v) is 4.31. The van der Waals surface area contributed by atoms with Crippen LogP contribution in [0.15, 0.2) is 60.7 Å². The van der Waals surface area contributed by atoms with Crippen LogP contribution in [0.5, 0.6) is 5.75 Å². The lowest BCUT2D eigenvalue weighted by Gasteiger charge is -2.15. The summed E-state index contributed by atoms with van der Waals surface area (Å²) in [6.07, 6.45) is 2.34. The van der Waals surface area contributed by atoms with Gasteiger partial charge in [-0.3, -0.25) is 0 Å². The molecule has 0 fully saturated rings. The maximum absolute atomic E-state index is 13.0. The maximum Gasteiger partial charge on any atom is 0.124 e. The normalized spacial score (nSPS) is 10.5. The molecule has 26 heavy (non-hydrogen) atoms. The molecule has 0 spiro atoms. The van der Waals surface area contributed by atoms with Crippen LogP contribution in [0.25, 0.3) is 10.8 Å². The lowest BCUT2D eigenvalue weighted by molar-refractivity contribution is 0.302. The minimum absolute atomic E-state index is 0. The highest BCUT2D eigenvalue weighted by Crippen LogP contribution is 2.28. The van der Waals surface area contributed by atoms with Gasteiger partial charge in [0.2, 0.25) is 0 Å². The van der Waals surface area contributed by atoms with Crippen molar-refractivity contribution in [1.29, 1.82) is 0 Å². The summed E-state index contributed by atoms with van der Waals surface area (Å²) in [4.78, 5) is 0. The zero-order valence-corrected chi connectivity index (χ0v) is 15.8. The van der Waals surface area contributed by atoms with Crippen LogP contribution in [0, 0.1) is 5.82 Å². The van der Waals surface area contributed by atoms with Crippen LogP contribution in [0.1, 0.15) is 30.9 Å². The van der Waals surface area contributed by atoms with Crippen LogP contribution in [0.4, 0.5) is 4.39 Å². The number of nitrogens with one attached hydrogen (secondary N) is 1. The van der Waals surface area contributed by atoms with Gasteiger partial charge in [-0.15, -0.1) is 12.4 Å². The van der Waals surface area contributed by atoms with Gasteiger partial charge in [0.1, 0.15) is 18.2 Å². The second-order valence-corrected chi connectivity index (χ2v) is 6.21. The number of fused-ring (bicyclic) bond motifs is 1. The van der Waals surface area contributed by atoms with Gasteiger partial charge >= 0.3 is 0 Å². The Balaban J connectivity index is 0.00000243. The van der Waals surface area contributed by atoms with Crippen LogP contribution >= 0.6 is 12.4 Å². The van der Waals surface area contributed by atoms with E-state index in [9.17, 15) is 4.39 Å². The first kappa shape index (κ1) is 20.2. The standard InChI is InChI=1S/C22H24FNO.ClH/c1-2-3-14-24-15-21-20-7-5-4-6-18(20)10-13-22(21)25-16-17-8-11-19(23)12-9-17;/h4-13,24H,2-3,14-16H2,1H3;1H. The molecule has 2 nitrogen and oxygen atoms in total. The maximum atomic E-state index is 13.0. The summed E-state index contributed by atoms with van der Waals surface area (Å²) in [7, 11) is 0. The van der Waals surface area contributed by atoms with Crippen molar-refractivity contribution in [1.82, 2.24) is 5.32 Å². The van der Waals surface area contributed by atoms with Crippen LogP contribution < -0.4 is 10.1 Å². The van der Waals surface area contributed by atoms with E-state index in [4.69, 9.17) is 4.74 Å². The van der Waals surface area contributed by atoms with Gasteiger partial charge in [-0.2, -0.15) is 0 Å². The fourth-order valence-corrected chi connectivity index (χ4v) is 2.89. The number of hydrogen-bond acceptors (Lipinski definition) is 2. The smallest absolute Gasteiger partial charge is 0.124 e. The van der Waals surface area contributed by atoms with Crippen molar-refractivity contribution < 1.29 is 9.13 Å². The minimum Gasteiger partial charge on any atom is -0.489 e. The minimum atomic E-state index is -0.227. The molecule has 3 aromatic carbocycles. The van der Waals surface area contributed by atoms with Gasteiger partial charge in [-0.05, 0) is 47.5 Å². The second-order valence-electron chi connectivity index (χ2n) is 6.21. The van der Waals surface area contributed by atoms with Gasteiger partial charge in [0.15, 0.2) is 0 Å². The first-order chi connectivity index (χ1) is 12.3. The number of rotatable bonds is 8. The van der Waals surface area contributed by atoms with Crippen molar-refractivity contribution in [2.45, 2.75) is 32.9 Å².